The van der Waals surface area contributed by atoms with Crippen LogP contribution in [0.5, 0.6) is 5.75 Å². The number of H-pyrrole nitrogens is 1. The quantitative estimate of drug-likeness (QED) is 0.435. The summed E-state index contributed by atoms with van der Waals surface area (Å²) >= 11 is 1.22. The number of carbonyl (C=O) groups is 1. The number of benzene rings is 1. The lowest BCUT2D eigenvalue weighted by atomic mass is 10.2. The second-order valence-corrected chi connectivity index (χ2v) is 7.07. The van der Waals surface area contributed by atoms with Gasteiger partial charge in [0.1, 0.15) is 11.4 Å². The Labute approximate surface area is 159 Å². The molecule has 0 spiro atoms. The average Bonchev–Trinajstić information content (AvgIpc) is 3.36. The summed E-state index contributed by atoms with van der Waals surface area (Å²) in [5.74, 6) is 7.31. The van der Waals surface area contributed by atoms with Gasteiger partial charge >= 0.3 is 0 Å². The van der Waals surface area contributed by atoms with Crippen molar-refractivity contribution in [3.8, 4) is 17.3 Å². The van der Waals surface area contributed by atoms with E-state index in [1.165, 1.54) is 16.4 Å². The minimum atomic E-state index is -0.168. The molecule has 1 amide bonds. The van der Waals surface area contributed by atoms with Crippen molar-refractivity contribution in [1.29, 1.82) is 0 Å². The fourth-order valence-corrected chi connectivity index (χ4v) is 3.73. The smallest absolute Gasteiger partial charge is 0.234 e. The summed E-state index contributed by atoms with van der Waals surface area (Å²) in [4.78, 5) is 12.2. The monoisotopic (exact) mass is 385 g/mol. The van der Waals surface area contributed by atoms with E-state index in [1.807, 2.05) is 12.1 Å². The highest BCUT2D eigenvalue weighted by Gasteiger charge is 2.24. The van der Waals surface area contributed by atoms with Crippen LogP contribution in [0, 0.1) is 0 Å². The van der Waals surface area contributed by atoms with Crippen molar-refractivity contribution in [1.82, 2.24) is 25.1 Å². The summed E-state index contributed by atoms with van der Waals surface area (Å²) in [6.07, 6.45) is 3.05. The molecule has 1 aliphatic carbocycles. The Balaban J connectivity index is 1.41. The number of hydrogen-bond donors (Lipinski definition) is 3. The maximum atomic E-state index is 12.2. The lowest BCUT2D eigenvalue weighted by molar-refractivity contribution is -0.113. The van der Waals surface area contributed by atoms with Gasteiger partial charge in [0.05, 0.1) is 12.9 Å². The van der Waals surface area contributed by atoms with Gasteiger partial charge in [0.15, 0.2) is 0 Å². The third-order valence-corrected chi connectivity index (χ3v) is 5.31. The highest BCUT2D eigenvalue weighted by atomic mass is 32.2. The third kappa shape index (κ3) is 3.47. The summed E-state index contributed by atoms with van der Waals surface area (Å²) in [6, 6.07) is 7.18. The molecule has 27 heavy (non-hydrogen) atoms. The number of aromatic amines is 1. The van der Waals surface area contributed by atoms with Gasteiger partial charge in [0.25, 0.3) is 0 Å². The number of amides is 1. The first-order valence-electron chi connectivity index (χ1n) is 8.49. The SMILES string of the molecule is COc1cccc(NC(=O)CSc2nnc(-c3n[nH]c4c3CCC4)n2N)c1. The Morgan fingerprint density at radius 3 is 3.15 bits per heavy atom. The summed E-state index contributed by atoms with van der Waals surface area (Å²) in [7, 11) is 1.58. The second kappa shape index (κ2) is 7.31. The molecule has 1 aromatic carbocycles. The number of nitrogens with zero attached hydrogens (tertiary/aromatic N) is 4. The molecule has 9 nitrogen and oxygen atoms in total. The largest absolute Gasteiger partial charge is 0.497 e. The van der Waals surface area contributed by atoms with E-state index < -0.39 is 0 Å². The standard InChI is InChI=1S/C17H19N7O2S/c1-26-11-5-2-4-10(8-11)19-14(25)9-27-17-23-22-16(24(17)18)15-12-6-3-7-13(12)20-21-15/h2,4-5,8H,3,6-7,9,18H2,1H3,(H,19,25)(H,20,21). The van der Waals surface area contributed by atoms with E-state index in [0.29, 0.717) is 22.4 Å². The molecule has 1 aliphatic rings. The van der Waals surface area contributed by atoms with Crippen molar-refractivity contribution in [2.75, 3.05) is 24.0 Å². The first kappa shape index (κ1) is 17.4. The molecule has 0 fully saturated rings. The summed E-state index contributed by atoms with van der Waals surface area (Å²) in [6.45, 7) is 0. The average molecular weight is 385 g/mol. The number of rotatable bonds is 6. The lowest BCUT2D eigenvalue weighted by Crippen LogP contribution is -2.16. The molecule has 0 radical (unpaired) electrons. The fourth-order valence-electron chi connectivity index (χ4n) is 3.07. The van der Waals surface area contributed by atoms with Gasteiger partial charge in [0, 0.05) is 23.0 Å². The highest BCUT2D eigenvalue weighted by molar-refractivity contribution is 7.99. The first-order chi connectivity index (χ1) is 13.2. The van der Waals surface area contributed by atoms with Gasteiger partial charge in [-0.1, -0.05) is 17.8 Å². The number of fused-ring (bicyclic) bond motifs is 1. The van der Waals surface area contributed by atoms with Crippen LogP contribution in [0.2, 0.25) is 0 Å². The molecule has 0 saturated carbocycles. The van der Waals surface area contributed by atoms with Crippen molar-refractivity contribution in [3.05, 3.63) is 35.5 Å². The number of ether oxygens (including phenoxy) is 1. The van der Waals surface area contributed by atoms with Crippen molar-refractivity contribution in [3.63, 3.8) is 0 Å². The van der Waals surface area contributed by atoms with Crippen LogP contribution in [0.3, 0.4) is 0 Å². The van der Waals surface area contributed by atoms with E-state index >= 15 is 0 Å². The topological polar surface area (TPSA) is 124 Å². The van der Waals surface area contributed by atoms with E-state index in [1.54, 1.807) is 19.2 Å². The van der Waals surface area contributed by atoms with E-state index in [2.05, 4.69) is 25.7 Å². The highest BCUT2D eigenvalue weighted by Crippen LogP contribution is 2.30. The normalized spacial score (nSPS) is 12.8. The minimum Gasteiger partial charge on any atom is -0.497 e. The van der Waals surface area contributed by atoms with Crippen LogP contribution in [-0.2, 0) is 17.6 Å². The van der Waals surface area contributed by atoms with E-state index in [0.717, 1.165) is 36.2 Å². The van der Waals surface area contributed by atoms with E-state index in [-0.39, 0.29) is 11.7 Å². The van der Waals surface area contributed by atoms with Crippen molar-refractivity contribution >= 4 is 23.4 Å². The number of hydrogen-bond acceptors (Lipinski definition) is 7. The fraction of sp³-hybridized carbons (Fsp3) is 0.294. The summed E-state index contributed by atoms with van der Waals surface area (Å²) in [5, 5.41) is 18.9. The number of aryl methyl sites for hydroxylation is 1. The number of methoxy groups -OCH3 is 1. The first-order valence-corrected chi connectivity index (χ1v) is 9.48. The number of anilines is 1. The predicted octanol–water partition coefficient (Wildman–Crippen LogP) is 1.61. The van der Waals surface area contributed by atoms with E-state index in [4.69, 9.17) is 10.6 Å². The molecule has 10 heteroatoms. The van der Waals surface area contributed by atoms with Crippen molar-refractivity contribution in [2.45, 2.75) is 24.4 Å². The molecule has 4 N–H and O–H groups in total. The van der Waals surface area contributed by atoms with Gasteiger partial charge < -0.3 is 15.9 Å². The minimum absolute atomic E-state index is 0.158. The van der Waals surface area contributed by atoms with Gasteiger partial charge in [-0.15, -0.1) is 10.2 Å². The Morgan fingerprint density at radius 2 is 2.30 bits per heavy atom. The molecule has 4 rings (SSSR count). The van der Waals surface area contributed by atoms with Gasteiger partial charge in [0.2, 0.25) is 16.9 Å². The molecule has 140 valence electrons. The van der Waals surface area contributed by atoms with Gasteiger partial charge in [-0.25, -0.2) is 4.68 Å². The number of nitrogens with one attached hydrogen (secondary N) is 2. The zero-order valence-electron chi connectivity index (χ0n) is 14.7. The van der Waals surface area contributed by atoms with Crippen LogP contribution in [0.4, 0.5) is 5.69 Å². The summed E-state index contributed by atoms with van der Waals surface area (Å²) < 4.78 is 6.54. The Hall–Kier alpha value is -3.01. The lowest BCUT2D eigenvalue weighted by Gasteiger charge is -2.07. The Kier molecular flexibility index (Phi) is 4.71. The maximum Gasteiger partial charge on any atom is 0.234 e. The predicted molar refractivity (Wildman–Crippen MR) is 102 cm³/mol. The number of thioether (sulfide) groups is 1. The molecular weight excluding hydrogens is 366 g/mol. The number of nitrogens with two attached hydrogens (primary N) is 1. The van der Waals surface area contributed by atoms with Gasteiger partial charge in [-0.3, -0.25) is 9.89 Å². The van der Waals surface area contributed by atoms with Crippen LogP contribution in [-0.4, -0.2) is 43.8 Å². The van der Waals surface area contributed by atoms with Gasteiger partial charge in [-0.05, 0) is 31.4 Å². The van der Waals surface area contributed by atoms with Crippen LogP contribution in [0.1, 0.15) is 17.7 Å². The molecule has 0 atom stereocenters. The number of carbonyl (C=O) groups excluding carboxylic acids is 1. The molecule has 0 unspecified atom stereocenters. The molecule has 2 aromatic heterocycles. The van der Waals surface area contributed by atoms with Crippen LogP contribution >= 0.6 is 11.8 Å². The molecule has 0 saturated heterocycles. The summed E-state index contributed by atoms with van der Waals surface area (Å²) in [5.41, 5.74) is 3.70. The molecule has 2 heterocycles. The third-order valence-electron chi connectivity index (χ3n) is 4.37. The number of aromatic nitrogens is 5. The van der Waals surface area contributed by atoms with Crippen molar-refractivity contribution < 1.29 is 9.53 Å². The molecule has 3 aromatic rings. The number of nitrogen functional groups attached to an aromatic ring is 1. The van der Waals surface area contributed by atoms with Crippen molar-refractivity contribution in [2.24, 2.45) is 0 Å². The zero-order chi connectivity index (χ0) is 18.8. The Bertz CT molecular complexity index is 982. The molecule has 0 bridgehead atoms. The van der Waals surface area contributed by atoms with E-state index in [9.17, 15) is 4.79 Å². The maximum absolute atomic E-state index is 12.2. The second-order valence-electron chi connectivity index (χ2n) is 6.13. The van der Waals surface area contributed by atoms with Crippen LogP contribution in [0.25, 0.3) is 11.5 Å². The van der Waals surface area contributed by atoms with Gasteiger partial charge in [-0.2, -0.15) is 5.10 Å². The van der Waals surface area contributed by atoms with Crippen LogP contribution in [0.15, 0.2) is 29.4 Å². The molecule has 0 aliphatic heterocycles. The van der Waals surface area contributed by atoms with Crippen LogP contribution < -0.4 is 15.9 Å². The Morgan fingerprint density at radius 1 is 1.41 bits per heavy atom. The molecular formula is C17H19N7O2S. The zero-order valence-corrected chi connectivity index (χ0v) is 15.5.